The van der Waals surface area contributed by atoms with Crippen LogP contribution in [0.1, 0.15) is 35.7 Å². The van der Waals surface area contributed by atoms with E-state index < -0.39 is 6.04 Å². The highest BCUT2D eigenvalue weighted by molar-refractivity contribution is 5.95. The van der Waals surface area contributed by atoms with Gasteiger partial charge in [-0.3, -0.25) is 4.79 Å². The highest BCUT2D eigenvalue weighted by Crippen LogP contribution is 2.19. The summed E-state index contributed by atoms with van der Waals surface area (Å²) in [5.74, 6) is 0.431. The molecule has 18 heavy (non-hydrogen) atoms. The van der Waals surface area contributed by atoms with Gasteiger partial charge in [-0.2, -0.15) is 5.26 Å². The Morgan fingerprint density at radius 2 is 2.28 bits per heavy atom. The summed E-state index contributed by atoms with van der Waals surface area (Å²) in [6.07, 6.45) is 1.51. The number of nitriles is 1. The van der Waals surface area contributed by atoms with Crippen LogP contribution in [0.4, 0.5) is 0 Å². The van der Waals surface area contributed by atoms with E-state index in [-0.39, 0.29) is 5.91 Å². The molecular weight excluding hydrogens is 228 g/mol. The van der Waals surface area contributed by atoms with Gasteiger partial charge < -0.3 is 10.1 Å². The molecule has 1 unspecified atom stereocenters. The number of methoxy groups -OCH3 is 1. The number of hydrogen-bond acceptors (Lipinski definition) is 3. The van der Waals surface area contributed by atoms with Gasteiger partial charge in [-0.05, 0) is 31.0 Å². The molecule has 0 fully saturated rings. The number of carbonyl (C=O) groups excluding carboxylic acids is 1. The molecule has 1 rings (SSSR count). The van der Waals surface area contributed by atoms with Crippen LogP contribution in [0.25, 0.3) is 0 Å². The lowest BCUT2D eigenvalue weighted by Crippen LogP contribution is -2.33. The summed E-state index contributed by atoms with van der Waals surface area (Å²) in [6, 6.07) is 6.89. The van der Waals surface area contributed by atoms with E-state index in [1.165, 1.54) is 0 Å². The van der Waals surface area contributed by atoms with E-state index in [1.807, 2.05) is 19.9 Å². The summed E-state index contributed by atoms with van der Waals surface area (Å²) in [4.78, 5) is 12.0. The molecule has 0 aromatic heterocycles. The van der Waals surface area contributed by atoms with Gasteiger partial charge in [0.05, 0.1) is 13.2 Å². The number of benzene rings is 1. The number of ether oxygens (including phenoxy) is 1. The maximum atomic E-state index is 12.0. The average Bonchev–Trinajstić information content (AvgIpc) is 2.38. The zero-order chi connectivity index (χ0) is 13.5. The molecule has 0 heterocycles. The Kier molecular flexibility index (Phi) is 5.19. The Morgan fingerprint density at radius 3 is 2.83 bits per heavy atom. The topological polar surface area (TPSA) is 62.1 Å². The monoisotopic (exact) mass is 246 g/mol. The Labute approximate surface area is 108 Å². The molecule has 0 saturated heterocycles. The Bertz CT molecular complexity index is 463. The van der Waals surface area contributed by atoms with Crippen LogP contribution in [0.15, 0.2) is 18.2 Å². The molecule has 0 aliphatic heterocycles. The fraction of sp³-hybridized carbons (Fsp3) is 0.429. The molecule has 1 amide bonds. The summed E-state index contributed by atoms with van der Waals surface area (Å²) >= 11 is 0. The van der Waals surface area contributed by atoms with Gasteiger partial charge in [0.2, 0.25) is 0 Å². The Hall–Kier alpha value is -2.02. The number of nitrogens with zero attached hydrogens (tertiary/aromatic N) is 1. The Balaban J connectivity index is 2.81. The molecule has 1 aromatic carbocycles. The lowest BCUT2D eigenvalue weighted by molar-refractivity contribution is 0.0943. The number of amides is 1. The van der Waals surface area contributed by atoms with Crippen LogP contribution in [0.2, 0.25) is 0 Å². The number of nitrogens with one attached hydrogen (secondary N) is 1. The second-order valence-electron chi connectivity index (χ2n) is 4.13. The van der Waals surface area contributed by atoms with E-state index >= 15 is 0 Å². The summed E-state index contributed by atoms with van der Waals surface area (Å²) < 4.78 is 5.17. The van der Waals surface area contributed by atoms with Crippen LogP contribution in [0.3, 0.4) is 0 Å². The van der Waals surface area contributed by atoms with Crippen molar-refractivity contribution >= 4 is 5.91 Å². The SMILES string of the molecule is CCCC(C#N)NC(=O)c1ccc(C)c(OC)c1. The first-order chi connectivity index (χ1) is 8.62. The van der Waals surface area contributed by atoms with E-state index in [9.17, 15) is 4.79 Å². The third kappa shape index (κ3) is 3.49. The van der Waals surface area contributed by atoms with Crippen LogP contribution in [-0.4, -0.2) is 19.1 Å². The van der Waals surface area contributed by atoms with Crippen molar-refractivity contribution in [2.75, 3.05) is 7.11 Å². The molecule has 96 valence electrons. The molecule has 0 radical (unpaired) electrons. The number of carbonyl (C=O) groups is 1. The largest absolute Gasteiger partial charge is 0.496 e. The number of aryl methyl sites for hydroxylation is 1. The van der Waals surface area contributed by atoms with Gasteiger partial charge in [0.15, 0.2) is 0 Å². The minimum atomic E-state index is -0.435. The maximum absolute atomic E-state index is 12.0. The van der Waals surface area contributed by atoms with E-state index in [4.69, 9.17) is 10.00 Å². The van der Waals surface area contributed by atoms with E-state index in [2.05, 4.69) is 11.4 Å². The van der Waals surface area contributed by atoms with Gasteiger partial charge in [-0.1, -0.05) is 19.4 Å². The van der Waals surface area contributed by atoms with Crippen LogP contribution in [-0.2, 0) is 0 Å². The molecule has 1 atom stereocenters. The van der Waals surface area contributed by atoms with Crippen molar-refractivity contribution in [1.82, 2.24) is 5.32 Å². The molecule has 1 aromatic rings. The van der Waals surface area contributed by atoms with E-state index in [0.717, 1.165) is 12.0 Å². The molecule has 0 spiro atoms. The van der Waals surface area contributed by atoms with Crippen LogP contribution in [0, 0.1) is 18.3 Å². The van der Waals surface area contributed by atoms with Crippen molar-refractivity contribution in [3.8, 4) is 11.8 Å². The molecule has 0 aliphatic rings. The van der Waals surface area contributed by atoms with Crippen molar-refractivity contribution in [2.45, 2.75) is 32.7 Å². The van der Waals surface area contributed by atoms with E-state index in [1.54, 1.807) is 19.2 Å². The first kappa shape index (κ1) is 14.0. The zero-order valence-electron chi connectivity index (χ0n) is 11.0. The average molecular weight is 246 g/mol. The first-order valence-corrected chi connectivity index (χ1v) is 5.97. The molecule has 0 saturated carbocycles. The molecule has 4 heteroatoms. The first-order valence-electron chi connectivity index (χ1n) is 5.97. The third-order valence-electron chi connectivity index (χ3n) is 2.71. The number of hydrogen-bond donors (Lipinski definition) is 1. The minimum Gasteiger partial charge on any atom is -0.496 e. The Morgan fingerprint density at radius 1 is 1.56 bits per heavy atom. The molecule has 1 N–H and O–H groups in total. The molecule has 0 bridgehead atoms. The van der Waals surface area contributed by atoms with Crippen molar-refractivity contribution in [3.05, 3.63) is 29.3 Å². The molecule has 0 aliphatic carbocycles. The highest BCUT2D eigenvalue weighted by Gasteiger charge is 2.13. The lowest BCUT2D eigenvalue weighted by atomic mass is 10.1. The fourth-order valence-electron chi connectivity index (χ4n) is 1.66. The van der Waals surface area contributed by atoms with Crippen molar-refractivity contribution in [2.24, 2.45) is 0 Å². The summed E-state index contributed by atoms with van der Waals surface area (Å²) in [5.41, 5.74) is 1.48. The van der Waals surface area contributed by atoms with Gasteiger partial charge in [0.1, 0.15) is 11.8 Å². The highest BCUT2D eigenvalue weighted by atomic mass is 16.5. The van der Waals surface area contributed by atoms with Gasteiger partial charge in [0.25, 0.3) is 5.91 Å². The minimum absolute atomic E-state index is 0.242. The molecule has 4 nitrogen and oxygen atoms in total. The van der Waals surface area contributed by atoms with Crippen molar-refractivity contribution in [1.29, 1.82) is 5.26 Å². The second-order valence-corrected chi connectivity index (χ2v) is 4.13. The van der Waals surface area contributed by atoms with Gasteiger partial charge in [-0.15, -0.1) is 0 Å². The summed E-state index contributed by atoms with van der Waals surface area (Å²) in [5, 5.41) is 11.6. The predicted octanol–water partition coefficient (Wildman–Crippen LogP) is 2.43. The van der Waals surface area contributed by atoms with Gasteiger partial charge in [0, 0.05) is 5.56 Å². The predicted molar refractivity (Wildman–Crippen MR) is 69.5 cm³/mol. The smallest absolute Gasteiger partial charge is 0.252 e. The second kappa shape index (κ2) is 6.65. The van der Waals surface area contributed by atoms with Crippen LogP contribution >= 0.6 is 0 Å². The maximum Gasteiger partial charge on any atom is 0.252 e. The van der Waals surface area contributed by atoms with Crippen LogP contribution in [0.5, 0.6) is 5.75 Å². The van der Waals surface area contributed by atoms with E-state index in [0.29, 0.717) is 17.7 Å². The van der Waals surface area contributed by atoms with Gasteiger partial charge >= 0.3 is 0 Å². The third-order valence-corrected chi connectivity index (χ3v) is 2.71. The molecular formula is C14H18N2O2. The van der Waals surface area contributed by atoms with Crippen LogP contribution < -0.4 is 10.1 Å². The zero-order valence-corrected chi connectivity index (χ0v) is 11.0. The van der Waals surface area contributed by atoms with Crippen molar-refractivity contribution in [3.63, 3.8) is 0 Å². The van der Waals surface area contributed by atoms with Gasteiger partial charge in [-0.25, -0.2) is 0 Å². The van der Waals surface area contributed by atoms with Crippen molar-refractivity contribution < 1.29 is 9.53 Å². The fourth-order valence-corrected chi connectivity index (χ4v) is 1.66. The lowest BCUT2D eigenvalue weighted by Gasteiger charge is -2.11. The normalized spacial score (nSPS) is 11.4. The summed E-state index contributed by atoms with van der Waals surface area (Å²) in [7, 11) is 1.57. The number of rotatable bonds is 5. The quantitative estimate of drug-likeness (QED) is 0.867. The summed E-state index contributed by atoms with van der Waals surface area (Å²) in [6.45, 7) is 3.89. The standard InChI is InChI=1S/C14H18N2O2/c1-4-5-12(9-15)16-14(17)11-7-6-10(2)13(8-11)18-3/h6-8,12H,4-5H2,1-3H3,(H,16,17).